The first-order chi connectivity index (χ1) is 10.6. The molecular formula is C19H26O3. The van der Waals surface area contributed by atoms with E-state index in [9.17, 15) is 9.59 Å². The highest BCUT2D eigenvalue weighted by Gasteiger charge is 2.35. The average Bonchev–Trinajstić information content (AvgIpc) is 2.87. The van der Waals surface area contributed by atoms with Crippen LogP contribution in [0.4, 0.5) is 0 Å². The average molecular weight is 302 g/mol. The van der Waals surface area contributed by atoms with E-state index in [2.05, 4.69) is 13.8 Å². The second kappa shape index (κ2) is 8.11. The minimum Gasteiger partial charge on any atom is -0.465 e. The topological polar surface area (TPSA) is 43.4 Å². The third-order valence-electron chi connectivity index (χ3n) is 4.37. The molecule has 1 aromatic rings. The summed E-state index contributed by atoms with van der Waals surface area (Å²) in [4.78, 5) is 24.2. The number of esters is 1. The molecule has 0 amide bonds. The molecule has 0 aromatic heterocycles. The Morgan fingerprint density at radius 3 is 2.82 bits per heavy atom. The Kier molecular flexibility index (Phi) is 6.17. The standard InChI is InChI=1S/C19H26O3/c1-3-4-5-6-9-14(2)13-22-19(21)17-12-18(20)16-11-8-7-10-15(16)17/h7-8,10-11,14,17H,3-6,9,12-13H2,1-2H3. The lowest BCUT2D eigenvalue weighted by Gasteiger charge is -2.15. The van der Waals surface area contributed by atoms with Crippen LogP contribution in [0.15, 0.2) is 24.3 Å². The molecule has 3 heteroatoms. The maximum absolute atomic E-state index is 12.3. The summed E-state index contributed by atoms with van der Waals surface area (Å²) >= 11 is 0. The van der Waals surface area contributed by atoms with Crippen LogP contribution in [0.1, 0.15) is 74.2 Å². The van der Waals surface area contributed by atoms with Gasteiger partial charge >= 0.3 is 5.97 Å². The zero-order valence-corrected chi connectivity index (χ0v) is 13.6. The predicted molar refractivity (Wildman–Crippen MR) is 87.0 cm³/mol. The lowest BCUT2D eigenvalue weighted by Crippen LogP contribution is -2.18. The number of hydrogen-bond acceptors (Lipinski definition) is 3. The van der Waals surface area contributed by atoms with Crippen LogP contribution in [0, 0.1) is 5.92 Å². The number of Topliss-reactive ketones (excluding diaryl/α,β-unsaturated/α-hetero) is 1. The van der Waals surface area contributed by atoms with Gasteiger partial charge in [-0.15, -0.1) is 0 Å². The van der Waals surface area contributed by atoms with E-state index in [-0.39, 0.29) is 18.2 Å². The number of fused-ring (bicyclic) bond motifs is 1. The highest BCUT2D eigenvalue weighted by Crippen LogP contribution is 2.33. The molecule has 0 heterocycles. The maximum atomic E-state index is 12.3. The summed E-state index contributed by atoms with van der Waals surface area (Å²) in [5.41, 5.74) is 1.50. The van der Waals surface area contributed by atoms with Crippen molar-refractivity contribution >= 4 is 11.8 Å². The van der Waals surface area contributed by atoms with Crippen molar-refractivity contribution in [2.24, 2.45) is 5.92 Å². The number of ketones is 1. The molecule has 0 aliphatic heterocycles. The Morgan fingerprint density at radius 2 is 2.05 bits per heavy atom. The highest BCUT2D eigenvalue weighted by atomic mass is 16.5. The van der Waals surface area contributed by atoms with Crippen molar-refractivity contribution in [1.82, 2.24) is 0 Å². The van der Waals surface area contributed by atoms with E-state index in [1.165, 1.54) is 25.7 Å². The molecule has 0 spiro atoms. The molecule has 0 bridgehead atoms. The van der Waals surface area contributed by atoms with Gasteiger partial charge in [0.25, 0.3) is 0 Å². The molecule has 1 aromatic carbocycles. The molecule has 2 atom stereocenters. The van der Waals surface area contributed by atoms with Gasteiger partial charge in [0, 0.05) is 12.0 Å². The Balaban J connectivity index is 1.80. The van der Waals surface area contributed by atoms with Crippen molar-refractivity contribution in [2.45, 2.75) is 58.3 Å². The summed E-state index contributed by atoms with van der Waals surface area (Å²) in [6.45, 7) is 4.77. The van der Waals surface area contributed by atoms with Gasteiger partial charge < -0.3 is 4.74 Å². The van der Waals surface area contributed by atoms with E-state index < -0.39 is 5.92 Å². The summed E-state index contributed by atoms with van der Waals surface area (Å²) in [5.74, 6) is -0.229. The molecular weight excluding hydrogens is 276 g/mol. The van der Waals surface area contributed by atoms with E-state index in [1.54, 1.807) is 6.07 Å². The van der Waals surface area contributed by atoms with E-state index >= 15 is 0 Å². The van der Waals surface area contributed by atoms with E-state index in [1.807, 2.05) is 18.2 Å². The lowest BCUT2D eigenvalue weighted by atomic mass is 10.0. The Bertz CT molecular complexity index is 521. The molecule has 0 saturated carbocycles. The predicted octanol–water partition coefficient (Wildman–Crippen LogP) is 4.51. The van der Waals surface area contributed by atoms with Crippen molar-refractivity contribution in [3.8, 4) is 0 Å². The van der Waals surface area contributed by atoms with Gasteiger partial charge in [-0.3, -0.25) is 9.59 Å². The number of ether oxygens (including phenoxy) is 1. The molecule has 2 rings (SSSR count). The fraction of sp³-hybridized carbons (Fsp3) is 0.579. The number of benzene rings is 1. The fourth-order valence-electron chi connectivity index (χ4n) is 3.00. The molecule has 3 nitrogen and oxygen atoms in total. The first kappa shape index (κ1) is 16.7. The number of carbonyl (C=O) groups is 2. The van der Waals surface area contributed by atoms with Crippen LogP contribution in [0.3, 0.4) is 0 Å². The quantitative estimate of drug-likeness (QED) is 0.524. The van der Waals surface area contributed by atoms with E-state index in [0.29, 0.717) is 18.1 Å². The molecule has 0 saturated heterocycles. The van der Waals surface area contributed by atoms with Crippen LogP contribution in [-0.4, -0.2) is 18.4 Å². The summed E-state index contributed by atoms with van der Waals surface area (Å²) in [6, 6.07) is 7.36. The lowest BCUT2D eigenvalue weighted by molar-refractivity contribution is -0.146. The summed E-state index contributed by atoms with van der Waals surface area (Å²) in [7, 11) is 0. The number of unbranched alkanes of at least 4 members (excludes halogenated alkanes) is 3. The van der Waals surface area contributed by atoms with Gasteiger partial charge in [-0.1, -0.05) is 63.8 Å². The molecule has 1 aliphatic rings. The zero-order valence-electron chi connectivity index (χ0n) is 13.6. The summed E-state index contributed by atoms with van der Waals surface area (Å²) in [5, 5.41) is 0. The summed E-state index contributed by atoms with van der Waals surface area (Å²) in [6.07, 6.45) is 6.29. The number of hydrogen-bond donors (Lipinski definition) is 0. The third kappa shape index (κ3) is 4.19. The molecule has 22 heavy (non-hydrogen) atoms. The third-order valence-corrected chi connectivity index (χ3v) is 4.37. The van der Waals surface area contributed by atoms with Crippen LogP contribution >= 0.6 is 0 Å². The molecule has 0 radical (unpaired) electrons. The van der Waals surface area contributed by atoms with Crippen LogP contribution in [0.2, 0.25) is 0 Å². The van der Waals surface area contributed by atoms with E-state index in [0.717, 1.165) is 12.0 Å². The molecule has 120 valence electrons. The van der Waals surface area contributed by atoms with Crippen LogP contribution in [0.25, 0.3) is 0 Å². The van der Waals surface area contributed by atoms with Crippen LogP contribution < -0.4 is 0 Å². The Labute approximate surface area is 133 Å². The molecule has 0 fully saturated rings. The number of rotatable bonds is 8. The second-order valence-electron chi connectivity index (χ2n) is 6.35. The van der Waals surface area contributed by atoms with Crippen LogP contribution in [0.5, 0.6) is 0 Å². The number of carbonyl (C=O) groups excluding carboxylic acids is 2. The SMILES string of the molecule is CCCCCCC(C)COC(=O)C1CC(=O)c2ccccc21. The zero-order chi connectivity index (χ0) is 15.9. The largest absolute Gasteiger partial charge is 0.465 e. The molecule has 0 N–H and O–H groups in total. The van der Waals surface area contributed by atoms with Gasteiger partial charge in [0.05, 0.1) is 12.5 Å². The normalized spacial score (nSPS) is 18.1. The van der Waals surface area contributed by atoms with Gasteiger partial charge in [0.2, 0.25) is 0 Å². The van der Waals surface area contributed by atoms with Crippen molar-refractivity contribution in [1.29, 1.82) is 0 Å². The van der Waals surface area contributed by atoms with Crippen molar-refractivity contribution in [2.75, 3.05) is 6.61 Å². The first-order valence-electron chi connectivity index (χ1n) is 8.42. The fourth-order valence-corrected chi connectivity index (χ4v) is 3.00. The monoisotopic (exact) mass is 302 g/mol. The van der Waals surface area contributed by atoms with Gasteiger partial charge in [-0.25, -0.2) is 0 Å². The van der Waals surface area contributed by atoms with E-state index in [4.69, 9.17) is 4.74 Å². The highest BCUT2D eigenvalue weighted by molar-refractivity contribution is 6.05. The van der Waals surface area contributed by atoms with Gasteiger partial charge in [0.15, 0.2) is 5.78 Å². The van der Waals surface area contributed by atoms with Crippen LogP contribution in [-0.2, 0) is 9.53 Å². The smallest absolute Gasteiger partial charge is 0.313 e. The minimum atomic E-state index is -0.406. The Hall–Kier alpha value is -1.64. The maximum Gasteiger partial charge on any atom is 0.313 e. The minimum absolute atomic E-state index is 0.0464. The van der Waals surface area contributed by atoms with Gasteiger partial charge in [-0.05, 0) is 17.9 Å². The second-order valence-corrected chi connectivity index (χ2v) is 6.35. The molecule has 1 aliphatic carbocycles. The van der Waals surface area contributed by atoms with Crippen molar-refractivity contribution < 1.29 is 14.3 Å². The molecule has 2 unspecified atom stereocenters. The van der Waals surface area contributed by atoms with Gasteiger partial charge in [0.1, 0.15) is 0 Å². The Morgan fingerprint density at radius 1 is 1.27 bits per heavy atom. The van der Waals surface area contributed by atoms with Crippen molar-refractivity contribution in [3.63, 3.8) is 0 Å². The first-order valence-corrected chi connectivity index (χ1v) is 8.42. The summed E-state index contributed by atoms with van der Waals surface area (Å²) < 4.78 is 5.46. The van der Waals surface area contributed by atoms with Gasteiger partial charge in [-0.2, -0.15) is 0 Å². The van der Waals surface area contributed by atoms with Crippen molar-refractivity contribution in [3.05, 3.63) is 35.4 Å².